The van der Waals surface area contributed by atoms with Crippen molar-refractivity contribution in [3.8, 4) is 0 Å². The molecule has 4 nitrogen and oxygen atoms in total. The van der Waals surface area contributed by atoms with Crippen LogP contribution in [0.5, 0.6) is 0 Å². The molecule has 4 aromatic rings. The number of benzene rings is 2. The van der Waals surface area contributed by atoms with Crippen molar-refractivity contribution in [2.24, 2.45) is 0 Å². The van der Waals surface area contributed by atoms with Gasteiger partial charge in [0, 0.05) is 36.6 Å². The largest absolute Gasteiger partial charge is 0.382 e. The van der Waals surface area contributed by atoms with Gasteiger partial charge in [-0.3, -0.25) is 0 Å². The summed E-state index contributed by atoms with van der Waals surface area (Å²) in [4.78, 5) is 10.1. The third kappa shape index (κ3) is 10.1. The molecule has 0 saturated carbocycles. The molecule has 2 aromatic heterocycles. The van der Waals surface area contributed by atoms with Gasteiger partial charge in [0.2, 0.25) is 0 Å². The van der Waals surface area contributed by atoms with Gasteiger partial charge in [-0.25, -0.2) is 9.97 Å². The first-order valence-electron chi connectivity index (χ1n) is 14.3. The van der Waals surface area contributed by atoms with Crippen LogP contribution in [0.2, 0.25) is 26.2 Å². The average molecular weight is 749 g/mol. The Kier molecular flexibility index (Phi) is 15.8. The zero-order chi connectivity index (χ0) is 29.9. The number of hydrogen-bond acceptors (Lipinski definition) is 12. The molecule has 0 amide bonds. The highest BCUT2D eigenvalue weighted by atomic mass is 33.9. The van der Waals surface area contributed by atoms with E-state index in [1.807, 2.05) is 83.6 Å². The lowest BCUT2D eigenvalue weighted by Crippen LogP contribution is -2.35. The molecular formula is C28H40N2O2S8Si2. The van der Waals surface area contributed by atoms with Gasteiger partial charge in [-0.15, -0.1) is 22.7 Å². The van der Waals surface area contributed by atoms with Gasteiger partial charge < -0.3 is 9.47 Å². The van der Waals surface area contributed by atoms with Crippen molar-refractivity contribution in [3.05, 3.63) is 58.5 Å². The summed E-state index contributed by atoms with van der Waals surface area (Å²) in [6, 6.07) is 17.0. The van der Waals surface area contributed by atoms with Crippen LogP contribution < -0.4 is 0 Å². The summed E-state index contributed by atoms with van der Waals surface area (Å²) in [6.07, 6.45) is 0. The van der Waals surface area contributed by atoms with Crippen LogP contribution in [0, 0.1) is 0 Å². The summed E-state index contributed by atoms with van der Waals surface area (Å²) in [5.41, 5.74) is 2.81. The number of rotatable bonds is 19. The maximum Gasteiger partial charge on any atom is 0.100 e. The molecule has 4 atom stereocenters. The smallest absolute Gasteiger partial charge is 0.100 e. The van der Waals surface area contributed by atoms with E-state index < -0.39 is 17.6 Å². The zero-order valence-corrected chi connectivity index (χ0v) is 33.7. The van der Waals surface area contributed by atoms with E-state index in [0.717, 1.165) is 35.8 Å². The lowest BCUT2D eigenvalue weighted by molar-refractivity contribution is 0.0998. The standard InChI is InChI=1S/C28H40N2O2S8Si2/c1-7-31-27(41(3)4)19(25-29-21-13-9-11-15-23(21)35-25)17-33-37-39-40-38-34-18-20(28(32-8-2)42(5)6)26-30-22-14-10-12-16-24(22)36-26/h9-16,19-20,27-28,41-42H,7-8,17-18H2,1-6H3. The maximum atomic E-state index is 6.33. The van der Waals surface area contributed by atoms with E-state index in [2.05, 4.69) is 88.6 Å². The van der Waals surface area contributed by atoms with Crippen LogP contribution in [0.15, 0.2) is 48.5 Å². The van der Waals surface area contributed by atoms with Crippen LogP contribution in [0.25, 0.3) is 20.4 Å². The van der Waals surface area contributed by atoms with E-state index in [1.165, 1.54) is 19.4 Å². The molecule has 4 rings (SSSR count). The fourth-order valence-corrected chi connectivity index (χ4v) is 23.6. The van der Waals surface area contributed by atoms with Crippen molar-refractivity contribution in [1.82, 2.24) is 9.97 Å². The Labute approximate surface area is 285 Å². The molecule has 0 saturated heterocycles. The minimum atomic E-state index is -1.03. The van der Waals surface area contributed by atoms with E-state index in [1.54, 1.807) is 0 Å². The molecule has 0 aliphatic heterocycles. The predicted octanol–water partition coefficient (Wildman–Crippen LogP) is 10.6. The number of thiazole rings is 2. The number of fused-ring (bicyclic) bond motifs is 2. The Hall–Kier alpha value is 0.674. The Morgan fingerprint density at radius 2 is 1.05 bits per heavy atom. The molecule has 230 valence electrons. The Morgan fingerprint density at radius 3 is 1.40 bits per heavy atom. The first kappa shape index (κ1) is 35.5. The topological polar surface area (TPSA) is 44.2 Å². The molecule has 0 aliphatic carbocycles. The number of para-hydroxylation sites is 2. The second-order valence-corrected chi connectivity index (χ2v) is 28.5. The number of aromatic nitrogens is 2. The highest BCUT2D eigenvalue weighted by Gasteiger charge is 2.31. The molecule has 14 heteroatoms. The summed E-state index contributed by atoms with van der Waals surface area (Å²) < 4.78 is 15.2. The predicted molar refractivity (Wildman–Crippen MR) is 209 cm³/mol. The summed E-state index contributed by atoms with van der Waals surface area (Å²) in [7, 11) is 9.30. The van der Waals surface area contributed by atoms with E-state index in [0.29, 0.717) is 23.3 Å². The third-order valence-electron chi connectivity index (χ3n) is 6.76. The van der Waals surface area contributed by atoms with E-state index >= 15 is 0 Å². The Bertz CT molecular complexity index is 1190. The normalized spacial score (nSPS) is 15.1. The van der Waals surface area contributed by atoms with Gasteiger partial charge in [0.05, 0.1) is 49.5 Å². The van der Waals surface area contributed by atoms with Crippen molar-refractivity contribution in [2.75, 3.05) is 24.7 Å². The molecule has 0 radical (unpaired) electrons. The van der Waals surface area contributed by atoms with Crippen LogP contribution >= 0.6 is 83.6 Å². The Balaban J connectivity index is 1.29. The summed E-state index contributed by atoms with van der Waals surface area (Å²) in [6.45, 7) is 15.3. The molecule has 42 heavy (non-hydrogen) atoms. The SMILES string of the molecule is CCOC(C(CSSSSSSCC(c1nc2ccccc2s1)C(OCC)[SiH](C)C)c1nc2ccccc2s1)[SiH](C)C. The van der Waals surface area contributed by atoms with Crippen LogP contribution in [0.4, 0.5) is 0 Å². The van der Waals surface area contributed by atoms with Crippen LogP contribution in [-0.2, 0) is 9.47 Å². The van der Waals surface area contributed by atoms with Crippen molar-refractivity contribution in [3.63, 3.8) is 0 Å². The minimum Gasteiger partial charge on any atom is -0.382 e. The second-order valence-electron chi connectivity index (χ2n) is 10.4. The summed E-state index contributed by atoms with van der Waals surface area (Å²) >= 11 is 3.68. The van der Waals surface area contributed by atoms with Gasteiger partial charge >= 0.3 is 0 Å². The molecule has 0 bridgehead atoms. The number of hydrogen-bond donors (Lipinski definition) is 0. The monoisotopic (exact) mass is 748 g/mol. The van der Waals surface area contributed by atoms with Crippen molar-refractivity contribution >= 4 is 122 Å². The molecule has 0 N–H and O–H groups in total. The number of ether oxygens (including phenoxy) is 2. The lowest BCUT2D eigenvalue weighted by Gasteiger charge is -2.28. The third-order valence-corrected chi connectivity index (χ3v) is 24.0. The molecule has 2 aromatic carbocycles. The van der Waals surface area contributed by atoms with Gasteiger partial charge in [-0.1, -0.05) is 72.0 Å². The lowest BCUT2D eigenvalue weighted by atomic mass is 10.2. The fraction of sp³-hybridized carbons (Fsp3) is 0.500. The fourth-order valence-electron chi connectivity index (χ4n) is 4.91. The highest BCUT2D eigenvalue weighted by molar-refractivity contribution is 9.41. The first-order valence-corrected chi connectivity index (χ1v) is 29.7. The maximum absolute atomic E-state index is 6.33. The molecular weight excluding hydrogens is 709 g/mol. The summed E-state index contributed by atoms with van der Waals surface area (Å²) in [5.74, 6) is 2.70. The van der Waals surface area contributed by atoms with E-state index in [-0.39, 0.29) is 0 Å². The van der Waals surface area contributed by atoms with Gasteiger partial charge in [0.1, 0.15) is 10.0 Å². The molecule has 0 spiro atoms. The van der Waals surface area contributed by atoms with Crippen molar-refractivity contribution in [1.29, 1.82) is 0 Å². The number of nitrogens with zero attached hydrogens (tertiary/aromatic N) is 2. The average Bonchev–Trinajstić information content (AvgIpc) is 3.60. The van der Waals surface area contributed by atoms with E-state index in [4.69, 9.17) is 19.4 Å². The van der Waals surface area contributed by atoms with Crippen LogP contribution in [-0.4, -0.2) is 63.7 Å². The highest BCUT2D eigenvalue weighted by Crippen LogP contribution is 2.54. The molecule has 4 unspecified atom stereocenters. The van der Waals surface area contributed by atoms with Crippen molar-refractivity contribution in [2.45, 2.75) is 63.3 Å². The van der Waals surface area contributed by atoms with Gasteiger partial charge in [-0.2, -0.15) is 0 Å². The minimum absolute atomic E-state index is 0.300. The summed E-state index contributed by atoms with van der Waals surface area (Å²) in [5, 5.41) is 2.45. The first-order chi connectivity index (χ1) is 20.4. The van der Waals surface area contributed by atoms with Gasteiger partial charge in [0.25, 0.3) is 0 Å². The molecule has 2 heterocycles. The zero-order valence-electron chi connectivity index (χ0n) is 24.9. The molecule has 0 fully saturated rings. The molecule has 0 aliphatic rings. The van der Waals surface area contributed by atoms with E-state index in [9.17, 15) is 0 Å². The van der Waals surface area contributed by atoms with Crippen LogP contribution in [0.3, 0.4) is 0 Å². The quantitative estimate of drug-likeness (QED) is 0.0526. The van der Waals surface area contributed by atoms with Crippen molar-refractivity contribution < 1.29 is 9.47 Å². The van der Waals surface area contributed by atoms with Gasteiger partial charge in [0.15, 0.2) is 0 Å². The van der Waals surface area contributed by atoms with Crippen LogP contribution in [0.1, 0.15) is 35.7 Å². The van der Waals surface area contributed by atoms with Gasteiger partial charge in [-0.05, 0) is 77.4 Å². The Morgan fingerprint density at radius 1 is 0.643 bits per heavy atom. The second kappa shape index (κ2) is 18.7.